The van der Waals surface area contributed by atoms with Crippen molar-refractivity contribution >= 4 is 28.7 Å². The van der Waals surface area contributed by atoms with E-state index in [0.29, 0.717) is 11.6 Å². The Kier molecular flexibility index (Phi) is 3.27. The minimum Gasteiger partial charge on any atom is -0.373 e. The number of aromatic nitrogens is 1. The minimum absolute atomic E-state index is 0.0652. The summed E-state index contributed by atoms with van der Waals surface area (Å²) in [5.74, 6) is 1.17. The zero-order valence-corrected chi connectivity index (χ0v) is 11.8. The first-order valence-corrected chi connectivity index (χ1v) is 7.20. The smallest absolute Gasteiger partial charge is 0.276 e. The van der Waals surface area contributed by atoms with E-state index in [1.165, 1.54) is 22.6 Å². The highest BCUT2D eigenvalue weighted by molar-refractivity contribution is 7.10. The van der Waals surface area contributed by atoms with Crippen LogP contribution >= 0.6 is 11.3 Å². The molecule has 0 unspecified atom stereocenters. The van der Waals surface area contributed by atoms with E-state index in [1.807, 2.05) is 0 Å². The zero-order valence-electron chi connectivity index (χ0n) is 11.0. The third-order valence-electron chi connectivity index (χ3n) is 3.40. The van der Waals surface area contributed by atoms with Crippen LogP contribution < -0.4 is 10.2 Å². The van der Waals surface area contributed by atoms with Crippen molar-refractivity contribution in [3.8, 4) is 0 Å². The fourth-order valence-electron chi connectivity index (χ4n) is 2.34. The summed E-state index contributed by atoms with van der Waals surface area (Å²) in [7, 11) is 1.71. The van der Waals surface area contributed by atoms with Gasteiger partial charge in [0.2, 0.25) is 0 Å². The molecule has 0 fully saturated rings. The maximum Gasteiger partial charge on any atom is 0.276 e. The normalized spacial score (nSPS) is 13.9. The van der Waals surface area contributed by atoms with Crippen molar-refractivity contribution in [3.63, 3.8) is 0 Å². The Labute approximate surface area is 120 Å². The van der Waals surface area contributed by atoms with Gasteiger partial charge in [0.15, 0.2) is 0 Å². The molecule has 3 heterocycles. The molecule has 104 valence electrons. The molecule has 2 aromatic heterocycles. The number of pyridine rings is 1. The van der Waals surface area contributed by atoms with Crippen LogP contribution in [0.5, 0.6) is 0 Å². The molecule has 1 aliphatic heterocycles. The van der Waals surface area contributed by atoms with E-state index in [0.717, 1.165) is 19.5 Å². The number of rotatable bonds is 3. The quantitative estimate of drug-likeness (QED) is 0.695. The maximum absolute atomic E-state index is 11.0. The third kappa shape index (κ3) is 2.32. The number of thiophene rings is 1. The molecule has 0 bridgehead atoms. The molecule has 0 aliphatic carbocycles. The van der Waals surface area contributed by atoms with Gasteiger partial charge >= 0.3 is 0 Å². The van der Waals surface area contributed by atoms with E-state index in [4.69, 9.17) is 0 Å². The van der Waals surface area contributed by atoms with E-state index >= 15 is 0 Å². The van der Waals surface area contributed by atoms with Gasteiger partial charge in [-0.2, -0.15) is 0 Å². The van der Waals surface area contributed by atoms with Gasteiger partial charge in [0.1, 0.15) is 11.6 Å². The van der Waals surface area contributed by atoms with E-state index in [1.54, 1.807) is 18.4 Å². The molecule has 0 aromatic carbocycles. The van der Waals surface area contributed by atoms with Crippen molar-refractivity contribution in [2.75, 3.05) is 23.8 Å². The van der Waals surface area contributed by atoms with Crippen LogP contribution in [-0.4, -0.2) is 23.5 Å². The molecular formula is C13H14N4O2S. The Morgan fingerprint density at radius 3 is 3.10 bits per heavy atom. The Balaban J connectivity index is 1.94. The molecule has 2 aromatic rings. The number of fused-ring (bicyclic) bond motifs is 1. The van der Waals surface area contributed by atoms with Gasteiger partial charge in [-0.3, -0.25) is 10.1 Å². The monoisotopic (exact) mass is 290 g/mol. The van der Waals surface area contributed by atoms with Gasteiger partial charge in [-0.05, 0) is 23.4 Å². The van der Waals surface area contributed by atoms with E-state index in [2.05, 4.69) is 26.6 Å². The summed E-state index contributed by atoms with van der Waals surface area (Å²) in [4.78, 5) is 18.5. The van der Waals surface area contributed by atoms with Crippen LogP contribution in [-0.2, 0) is 13.0 Å². The molecule has 20 heavy (non-hydrogen) atoms. The molecule has 1 aliphatic rings. The lowest BCUT2D eigenvalue weighted by Crippen LogP contribution is -2.30. The lowest BCUT2D eigenvalue weighted by Gasteiger charge is -2.28. The number of hydrogen-bond donors (Lipinski definition) is 1. The van der Waals surface area contributed by atoms with Gasteiger partial charge in [0, 0.05) is 25.0 Å². The van der Waals surface area contributed by atoms with Crippen LogP contribution in [0.4, 0.5) is 17.3 Å². The highest BCUT2D eigenvalue weighted by Gasteiger charge is 2.21. The average Bonchev–Trinajstić information content (AvgIpc) is 2.94. The number of anilines is 2. The Bertz CT molecular complexity index is 656. The van der Waals surface area contributed by atoms with Gasteiger partial charge in [0.05, 0.1) is 17.1 Å². The second kappa shape index (κ2) is 5.09. The Morgan fingerprint density at radius 2 is 2.35 bits per heavy atom. The third-order valence-corrected chi connectivity index (χ3v) is 4.42. The van der Waals surface area contributed by atoms with E-state index in [-0.39, 0.29) is 10.6 Å². The number of nitro groups is 1. The molecule has 7 heteroatoms. The van der Waals surface area contributed by atoms with E-state index < -0.39 is 0 Å². The molecule has 0 radical (unpaired) electrons. The minimum atomic E-state index is -0.383. The average molecular weight is 290 g/mol. The molecule has 6 nitrogen and oxygen atoms in total. The summed E-state index contributed by atoms with van der Waals surface area (Å²) in [6, 6.07) is 5.10. The molecule has 0 saturated heterocycles. The summed E-state index contributed by atoms with van der Waals surface area (Å²) >= 11 is 1.77. The van der Waals surface area contributed by atoms with Crippen LogP contribution in [0.2, 0.25) is 0 Å². The molecule has 1 N–H and O–H groups in total. The number of nitrogens with zero attached hydrogens (tertiary/aromatic N) is 3. The van der Waals surface area contributed by atoms with Crippen molar-refractivity contribution in [2.45, 2.75) is 13.0 Å². The number of nitrogens with one attached hydrogen (secondary N) is 1. The standard InChI is InChI=1S/C13H14N4O2S/c1-14-12-6-10(17(18)19)7-13(15-12)16-4-2-11-9(8-16)3-5-20-11/h3,5-7H,2,4,8H2,1H3,(H,14,15). The summed E-state index contributed by atoms with van der Waals surface area (Å²) in [5, 5.41) is 16.0. The lowest BCUT2D eigenvalue weighted by molar-refractivity contribution is -0.384. The summed E-state index contributed by atoms with van der Waals surface area (Å²) in [6.07, 6.45) is 0.965. The van der Waals surface area contributed by atoms with Crippen molar-refractivity contribution in [1.29, 1.82) is 0 Å². The van der Waals surface area contributed by atoms with Crippen molar-refractivity contribution < 1.29 is 4.92 Å². The van der Waals surface area contributed by atoms with Crippen LogP contribution in [0.25, 0.3) is 0 Å². The van der Waals surface area contributed by atoms with Gasteiger partial charge in [0.25, 0.3) is 5.69 Å². The van der Waals surface area contributed by atoms with Gasteiger partial charge in [-0.1, -0.05) is 0 Å². The fraction of sp³-hybridized carbons (Fsp3) is 0.308. The Hall–Kier alpha value is -2.15. The van der Waals surface area contributed by atoms with E-state index in [9.17, 15) is 10.1 Å². The second-order valence-corrected chi connectivity index (χ2v) is 5.62. The summed E-state index contributed by atoms with van der Waals surface area (Å²) < 4.78 is 0. The van der Waals surface area contributed by atoms with Gasteiger partial charge < -0.3 is 10.2 Å². The SMILES string of the molecule is CNc1cc([N+](=O)[O-])cc(N2CCc3sccc3C2)n1. The largest absolute Gasteiger partial charge is 0.373 e. The van der Waals surface area contributed by atoms with Crippen LogP contribution in [0, 0.1) is 10.1 Å². The molecule has 0 spiro atoms. The maximum atomic E-state index is 11.0. The predicted molar refractivity (Wildman–Crippen MR) is 79.5 cm³/mol. The van der Waals surface area contributed by atoms with Crippen LogP contribution in [0.3, 0.4) is 0 Å². The van der Waals surface area contributed by atoms with Crippen molar-refractivity contribution in [1.82, 2.24) is 4.98 Å². The van der Waals surface area contributed by atoms with Crippen LogP contribution in [0.15, 0.2) is 23.6 Å². The highest BCUT2D eigenvalue weighted by atomic mass is 32.1. The zero-order chi connectivity index (χ0) is 14.1. The topological polar surface area (TPSA) is 71.3 Å². The summed E-state index contributed by atoms with van der Waals surface area (Å²) in [5.41, 5.74) is 1.36. The molecule has 3 rings (SSSR count). The molecule has 0 amide bonds. The molecule has 0 saturated carbocycles. The van der Waals surface area contributed by atoms with Gasteiger partial charge in [-0.15, -0.1) is 11.3 Å². The lowest BCUT2D eigenvalue weighted by atomic mass is 10.1. The first kappa shape index (κ1) is 12.9. The highest BCUT2D eigenvalue weighted by Crippen LogP contribution is 2.29. The summed E-state index contributed by atoms with van der Waals surface area (Å²) in [6.45, 7) is 1.60. The van der Waals surface area contributed by atoms with Crippen molar-refractivity contribution in [2.24, 2.45) is 0 Å². The first-order chi connectivity index (χ1) is 9.67. The number of hydrogen-bond acceptors (Lipinski definition) is 6. The second-order valence-electron chi connectivity index (χ2n) is 4.62. The fourth-order valence-corrected chi connectivity index (χ4v) is 3.23. The van der Waals surface area contributed by atoms with Crippen LogP contribution in [0.1, 0.15) is 10.4 Å². The molecular weight excluding hydrogens is 276 g/mol. The van der Waals surface area contributed by atoms with Gasteiger partial charge in [-0.25, -0.2) is 4.98 Å². The Morgan fingerprint density at radius 1 is 1.50 bits per heavy atom. The predicted octanol–water partition coefficient (Wildman–Crippen LogP) is 2.66. The van der Waals surface area contributed by atoms with Crippen molar-refractivity contribution in [3.05, 3.63) is 44.1 Å². The molecule has 0 atom stereocenters. The first-order valence-electron chi connectivity index (χ1n) is 6.32.